The molecule has 4 rings (SSSR count). The number of carbonyl (C=O) groups is 2. The number of rotatable bonds is 7. The van der Waals surface area contributed by atoms with Crippen molar-refractivity contribution in [2.45, 2.75) is 38.7 Å². The van der Waals surface area contributed by atoms with E-state index in [2.05, 4.69) is 15.6 Å². The molecule has 1 saturated carbocycles. The van der Waals surface area contributed by atoms with E-state index in [1.165, 1.54) is 6.42 Å². The molecule has 2 amide bonds. The Labute approximate surface area is 188 Å². The lowest BCUT2D eigenvalue weighted by atomic mass is 9.88. The molecule has 6 heteroatoms. The lowest BCUT2D eigenvalue weighted by Gasteiger charge is -2.20. The van der Waals surface area contributed by atoms with Crippen LogP contribution in [0.25, 0.3) is 0 Å². The van der Waals surface area contributed by atoms with Crippen LogP contribution in [0.15, 0.2) is 73.1 Å². The van der Waals surface area contributed by atoms with Gasteiger partial charge in [-0.25, -0.2) is 0 Å². The van der Waals surface area contributed by atoms with E-state index in [-0.39, 0.29) is 17.7 Å². The quantitative estimate of drug-likeness (QED) is 0.525. The van der Waals surface area contributed by atoms with Crippen molar-refractivity contribution < 1.29 is 14.3 Å². The fourth-order valence-corrected chi connectivity index (χ4v) is 3.86. The van der Waals surface area contributed by atoms with Crippen molar-refractivity contribution in [3.63, 3.8) is 0 Å². The predicted octanol–water partition coefficient (Wildman–Crippen LogP) is 5.43. The highest BCUT2D eigenvalue weighted by Crippen LogP contribution is 2.25. The number of nitrogens with zero attached hydrogens (tertiary/aromatic N) is 1. The average molecular weight is 430 g/mol. The number of anilines is 2. The van der Waals surface area contributed by atoms with Crippen molar-refractivity contribution in [2.75, 3.05) is 10.6 Å². The third-order valence-electron chi connectivity index (χ3n) is 5.59. The topological polar surface area (TPSA) is 80.3 Å². The van der Waals surface area contributed by atoms with Gasteiger partial charge in [-0.05, 0) is 49.2 Å². The molecule has 32 heavy (non-hydrogen) atoms. The Kier molecular flexibility index (Phi) is 7.12. The van der Waals surface area contributed by atoms with Crippen LogP contribution in [0.3, 0.4) is 0 Å². The third-order valence-corrected chi connectivity index (χ3v) is 5.59. The van der Waals surface area contributed by atoms with Gasteiger partial charge in [-0.1, -0.05) is 37.5 Å². The molecule has 3 aromatic rings. The van der Waals surface area contributed by atoms with Gasteiger partial charge in [0.25, 0.3) is 5.91 Å². The Hall–Kier alpha value is -3.67. The Morgan fingerprint density at radius 2 is 1.69 bits per heavy atom. The molecule has 0 saturated heterocycles. The van der Waals surface area contributed by atoms with Crippen molar-refractivity contribution in [3.05, 3.63) is 84.2 Å². The molecule has 2 N–H and O–H groups in total. The van der Waals surface area contributed by atoms with E-state index in [0.29, 0.717) is 29.3 Å². The molecule has 1 aliphatic rings. The van der Waals surface area contributed by atoms with E-state index >= 15 is 0 Å². The zero-order valence-corrected chi connectivity index (χ0v) is 17.9. The molecule has 0 bridgehead atoms. The van der Waals surface area contributed by atoms with E-state index in [0.717, 1.165) is 31.2 Å². The lowest BCUT2D eigenvalue weighted by Crippen LogP contribution is -2.24. The standard InChI is InChI=1S/C26H27N3O3/c30-25(20-8-2-1-3-9-20)28-22-11-4-10-21(15-22)26(31)29-23-12-5-13-24(16-23)32-18-19-7-6-14-27-17-19/h4-7,10-17,20H,1-3,8-9,18H2,(H,28,30)(H,29,31). The molecular formula is C26H27N3O3. The van der Waals surface area contributed by atoms with Crippen LogP contribution in [0.1, 0.15) is 48.0 Å². The second-order valence-electron chi connectivity index (χ2n) is 8.04. The summed E-state index contributed by atoms with van der Waals surface area (Å²) >= 11 is 0. The smallest absolute Gasteiger partial charge is 0.255 e. The van der Waals surface area contributed by atoms with Crippen LogP contribution in [-0.4, -0.2) is 16.8 Å². The zero-order valence-electron chi connectivity index (χ0n) is 17.9. The van der Waals surface area contributed by atoms with Gasteiger partial charge in [0.1, 0.15) is 12.4 Å². The van der Waals surface area contributed by atoms with Crippen LogP contribution in [0.4, 0.5) is 11.4 Å². The Morgan fingerprint density at radius 3 is 2.47 bits per heavy atom. The monoisotopic (exact) mass is 429 g/mol. The Morgan fingerprint density at radius 1 is 0.906 bits per heavy atom. The number of carbonyl (C=O) groups excluding carboxylic acids is 2. The van der Waals surface area contributed by atoms with Gasteiger partial charge in [0.15, 0.2) is 0 Å². The number of hydrogen-bond acceptors (Lipinski definition) is 4. The van der Waals surface area contributed by atoms with Crippen molar-refractivity contribution in [2.24, 2.45) is 5.92 Å². The Bertz CT molecular complexity index is 1060. The van der Waals surface area contributed by atoms with Gasteiger partial charge in [0.05, 0.1) is 0 Å². The van der Waals surface area contributed by atoms with Crippen molar-refractivity contribution in [1.29, 1.82) is 0 Å². The minimum absolute atomic E-state index is 0.0423. The molecule has 1 heterocycles. The fraction of sp³-hybridized carbons (Fsp3) is 0.269. The summed E-state index contributed by atoms with van der Waals surface area (Å²) in [5, 5.41) is 5.86. The molecule has 164 valence electrons. The minimum Gasteiger partial charge on any atom is -0.489 e. The van der Waals surface area contributed by atoms with E-state index in [1.54, 1.807) is 36.7 Å². The molecule has 2 aromatic carbocycles. The average Bonchev–Trinajstić information content (AvgIpc) is 2.84. The van der Waals surface area contributed by atoms with Gasteiger partial charge in [-0.2, -0.15) is 0 Å². The highest BCUT2D eigenvalue weighted by Gasteiger charge is 2.21. The number of amides is 2. The maximum atomic E-state index is 12.8. The molecule has 1 fully saturated rings. The summed E-state index contributed by atoms with van der Waals surface area (Å²) in [6.07, 6.45) is 8.75. The second-order valence-corrected chi connectivity index (χ2v) is 8.04. The van der Waals surface area contributed by atoms with Crippen LogP contribution < -0.4 is 15.4 Å². The number of hydrogen-bond donors (Lipinski definition) is 2. The van der Waals surface area contributed by atoms with Crippen LogP contribution >= 0.6 is 0 Å². The van der Waals surface area contributed by atoms with Crippen LogP contribution in [0, 0.1) is 5.92 Å². The highest BCUT2D eigenvalue weighted by molar-refractivity contribution is 6.05. The number of nitrogens with one attached hydrogen (secondary N) is 2. The van der Waals surface area contributed by atoms with Gasteiger partial charge in [0.2, 0.25) is 5.91 Å². The maximum absolute atomic E-state index is 12.8. The number of pyridine rings is 1. The molecule has 0 unspecified atom stereocenters. The molecule has 0 spiro atoms. The fourth-order valence-electron chi connectivity index (χ4n) is 3.86. The number of benzene rings is 2. The van der Waals surface area contributed by atoms with Gasteiger partial charge < -0.3 is 15.4 Å². The van der Waals surface area contributed by atoms with Gasteiger partial charge in [-0.3, -0.25) is 14.6 Å². The lowest BCUT2D eigenvalue weighted by molar-refractivity contribution is -0.120. The van der Waals surface area contributed by atoms with E-state index in [9.17, 15) is 9.59 Å². The summed E-state index contributed by atoms with van der Waals surface area (Å²) in [5.74, 6) is 0.514. The summed E-state index contributed by atoms with van der Waals surface area (Å²) in [6, 6.07) is 18.1. The number of ether oxygens (including phenoxy) is 1. The van der Waals surface area contributed by atoms with Crippen LogP contribution in [0.5, 0.6) is 5.75 Å². The second kappa shape index (κ2) is 10.6. The summed E-state index contributed by atoms with van der Waals surface area (Å²) in [6.45, 7) is 0.397. The minimum atomic E-state index is -0.247. The summed E-state index contributed by atoms with van der Waals surface area (Å²) < 4.78 is 5.80. The largest absolute Gasteiger partial charge is 0.489 e. The van der Waals surface area contributed by atoms with Gasteiger partial charge in [0, 0.05) is 46.9 Å². The van der Waals surface area contributed by atoms with Gasteiger partial charge in [-0.15, -0.1) is 0 Å². The van der Waals surface area contributed by atoms with Crippen LogP contribution in [0.2, 0.25) is 0 Å². The zero-order chi connectivity index (χ0) is 22.2. The summed E-state index contributed by atoms with van der Waals surface area (Å²) in [4.78, 5) is 29.4. The number of aromatic nitrogens is 1. The molecule has 1 aliphatic carbocycles. The normalized spacial score (nSPS) is 13.9. The highest BCUT2D eigenvalue weighted by atomic mass is 16.5. The molecule has 0 aliphatic heterocycles. The van der Waals surface area contributed by atoms with Crippen molar-refractivity contribution >= 4 is 23.2 Å². The first kappa shape index (κ1) is 21.6. The van der Waals surface area contributed by atoms with Gasteiger partial charge >= 0.3 is 0 Å². The Balaban J connectivity index is 1.36. The van der Waals surface area contributed by atoms with Crippen molar-refractivity contribution in [3.8, 4) is 5.75 Å². The first-order chi connectivity index (χ1) is 15.7. The molecular weight excluding hydrogens is 402 g/mol. The molecule has 0 atom stereocenters. The predicted molar refractivity (Wildman–Crippen MR) is 125 cm³/mol. The summed E-state index contributed by atoms with van der Waals surface area (Å²) in [5.41, 5.74) is 2.72. The van der Waals surface area contributed by atoms with E-state index in [4.69, 9.17) is 4.74 Å². The first-order valence-electron chi connectivity index (χ1n) is 11.0. The summed E-state index contributed by atoms with van der Waals surface area (Å²) in [7, 11) is 0. The van der Waals surface area contributed by atoms with Crippen LogP contribution in [-0.2, 0) is 11.4 Å². The SMILES string of the molecule is O=C(Nc1cccc(OCc2cccnc2)c1)c1cccc(NC(=O)C2CCCCC2)c1. The van der Waals surface area contributed by atoms with E-state index < -0.39 is 0 Å². The van der Waals surface area contributed by atoms with Crippen molar-refractivity contribution in [1.82, 2.24) is 4.98 Å². The van der Waals surface area contributed by atoms with E-state index in [1.807, 2.05) is 36.4 Å². The molecule has 0 radical (unpaired) electrons. The first-order valence-corrected chi connectivity index (χ1v) is 11.0. The molecule has 1 aromatic heterocycles. The third kappa shape index (κ3) is 5.94. The maximum Gasteiger partial charge on any atom is 0.255 e. The molecule has 6 nitrogen and oxygen atoms in total.